The average molecular weight is 205 g/mol. The number of aromatic amines is 1. The Balaban J connectivity index is 2.42. The number of tetrazole rings is 1. The van der Waals surface area contributed by atoms with E-state index < -0.39 is 11.3 Å². The third-order valence-corrected chi connectivity index (χ3v) is 2.69. The lowest BCUT2D eigenvalue weighted by Gasteiger charge is -2.29. The van der Waals surface area contributed by atoms with Crippen LogP contribution in [0.3, 0.4) is 0 Å². The monoisotopic (exact) mass is 205 g/mol. The number of carbonyl (C=O) groups is 1. The van der Waals surface area contributed by atoms with Gasteiger partial charge in [0.2, 0.25) is 5.91 Å². The van der Waals surface area contributed by atoms with Gasteiger partial charge in [0.05, 0.1) is 11.3 Å². The van der Waals surface area contributed by atoms with Crippen LogP contribution in [0.2, 0.25) is 0 Å². The maximum atomic E-state index is 11.4. The fraction of sp³-hybridized carbons (Fsp3) is 0.333. The topological polar surface area (TPSA) is 97.6 Å². The Morgan fingerprint density at radius 3 is 3.00 bits per heavy atom. The van der Waals surface area contributed by atoms with E-state index in [1.807, 2.05) is 12.2 Å². The second-order valence-electron chi connectivity index (χ2n) is 3.66. The van der Waals surface area contributed by atoms with Gasteiger partial charge in [0.15, 0.2) is 5.82 Å². The zero-order valence-electron chi connectivity index (χ0n) is 8.21. The van der Waals surface area contributed by atoms with Gasteiger partial charge in [-0.15, -0.1) is 5.10 Å². The highest BCUT2D eigenvalue weighted by atomic mass is 16.1. The van der Waals surface area contributed by atoms with Gasteiger partial charge in [-0.05, 0) is 17.4 Å². The summed E-state index contributed by atoms with van der Waals surface area (Å²) in [5.41, 5.74) is 4.61. The van der Waals surface area contributed by atoms with Crippen LogP contribution in [0.1, 0.15) is 18.7 Å². The molecule has 15 heavy (non-hydrogen) atoms. The second-order valence-corrected chi connectivity index (χ2v) is 3.66. The molecule has 6 nitrogen and oxygen atoms in total. The molecule has 78 valence electrons. The summed E-state index contributed by atoms with van der Waals surface area (Å²) in [7, 11) is 0. The normalized spacial score (nSPS) is 29.3. The van der Waals surface area contributed by atoms with E-state index in [1.165, 1.54) is 0 Å². The molecule has 2 atom stereocenters. The number of hydrogen-bond acceptors (Lipinski definition) is 4. The van der Waals surface area contributed by atoms with E-state index in [-0.39, 0.29) is 5.92 Å². The van der Waals surface area contributed by atoms with Crippen LogP contribution in [0.25, 0.3) is 0 Å². The van der Waals surface area contributed by atoms with Crippen LogP contribution in [-0.4, -0.2) is 26.5 Å². The number of nitrogens with one attached hydrogen (secondary N) is 1. The maximum Gasteiger partial charge on any atom is 0.228 e. The highest BCUT2D eigenvalue weighted by molar-refractivity contribution is 5.84. The van der Waals surface area contributed by atoms with Crippen LogP contribution in [0, 0.1) is 5.41 Å². The minimum atomic E-state index is -0.782. The Hall–Kier alpha value is -1.98. The number of H-pyrrole nitrogens is 1. The van der Waals surface area contributed by atoms with E-state index >= 15 is 0 Å². The standard InChI is InChI=1S/C9H11N5O/c1-9(8(10)15)5-3-2-4-6(9)7-11-13-14-12-7/h2-6H,1H3,(H2,10,15)(H,11,12,13,14). The first kappa shape index (κ1) is 9.57. The second kappa shape index (κ2) is 3.30. The van der Waals surface area contributed by atoms with Gasteiger partial charge >= 0.3 is 0 Å². The van der Waals surface area contributed by atoms with E-state index in [2.05, 4.69) is 20.6 Å². The summed E-state index contributed by atoms with van der Waals surface area (Å²) in [6.45, 7) is 1.77. The minimum absolute atomic E-state index is 0.241. The number of carbonyl (C=O) groups excluding carboxylic acids is 1. The van der Waals surface area contributed by atoms with Crippen molar-refractivity contribution in [3.63, 3.8) is 0 Å². The Kier molecular flexibility index (Phi) is 2.11. The first-order valence-corrected chi connectivity index (χ1v) is 4.54. The van der Waals surface area contributed by atoms with Gasteiger partial charge in [0.25, 0.3) is 0 Å². The number of hydrogen-bond donors (Lipinski definition) is 2. The molecule has 0 spiro atoms. The molecule has 6 heteroatoms. The molecule has 0 saturated heterocycles. The summed E-state index contributed by atoms with van der Waals surface area (Å²) in [5.74, 6) is -0.101. The lowest BCUT2D eigenvalue weighted by atomic mass is 9.73. The molecule has 2 rings (SSSR count). The van der Waals surface area contributed by atoms with E-state index in [0.717, 1.165) is 0 Å². The maximum absolute atomic E-state index is 11.4. The lowest BCUT2D eigenvalue weighted by Crippen LogP contribution is -2.38. The van der Waals surface area contributed by atoms with Crippen LogP contribution in [0.5, 0.6) is 0 Å². The summed E-state index contributed by atoms with van der Waals surface area (Å²) >= 11 is 0. The molecule has 1 aliphatic rings. The lowest BCUT2D eigenvalue weighted by molar-refractivity contribution is -0.125. The van der Waals surface area contributed by atoms with Crippen LogP contribution >= 0.6 is 0 Å². The molecular formula is C9H11N5O. The Morgan fingerprint density at radius 1 is 1.60 bits per heavy atom. The fourth-order valence-electron chi connectivity index (χ4n) is 1.64. The molecule has 1 heterocycles. The Morgan fingerprint density at radius 2 is 2.40 bits per heavy atom. The number of aromatic nitrogens is 4. The van der Waals surface area contributed by atoms with Gasteiger partial charge in [-0.2, -0.15) is 0 Å². The number of amides is 1. The number of rotatable bonds is 2. The van der Waals surface area contributed by atoms with E-state index in [1.54, 1.807) is 19.1 Å². The van der Waals surface area contributed by atoms with Crippen molar-refractivity contribution in [2.45, 2.75) is 12.8 Å². The molecule has 3 N–H and O–H groups in total. The van der Waals surface area contributed by atoms with Crippen molar-refractivity contribution in [2.75, 3.05) is 0 Å². The molecule has 0 aliphatic heterocycles. The van der Waals surface area contributed by atoms with Crippen LogP contribution in [0.4, 0.5) is 0 Å². The predicted molar refractivity (Wildman–Crippen MR) is 52.5 cm³/mol. The molecule has 1 amide bonds. The van der Waals surface area contributed by atoms with E-state index in [0.29, 0.717) is 5.82 Å². The molecule has 1 aromatic rings. The molecule has 2 unspecified atom stereocenters. The van der Waals surface area contributed by atoms with Crippen molar-refractivity contribution >= 4 is 5.91 Å². The predicted octanol–water partition coefficient (Wildman–Crippen LogP) is -0.0991. The Bertz CT molecular complexity index is 422. The largest absolute Gasteiger partial charge is 0.369 e. The van der Waals surface area contributed by atoms with Crippen LogP contribution < -0.4 is 5.73 Å². The summed E-state index contributed by atoms with van der Waals surface area (Å²) in [6, 6.07) is 0. The fourth-order valence-corrected chi connectivity index (χ4v) is 1.64. The zero-order chi connectivity index (χ0) is 10.9. The van der Waals surface area contributed by atoms with Crippen molar-refractivity contribution in [2.24, 2.45) is 11.1 Å². The van der Waals surface area contributed by atoms with Gasteiger partial charge < -0.3 is 5.73 Å². The van der Waals surface area contributed by atoms with Crippen LogP contribution in [-0.2, 0) is 4.79 Å². The van der Waals surface area contributed by atoms with E-state index in [4.69, 9.17) is 5.73 Å². The Labute approximate surface area is 86.2 Å². The van der Waals surface area contributed by atoms with Gasteiger partial charge in [0, 0.05) is 0 Å². The van der Waals surface area contributed by atoms with Crippen molar-refractivity contribution < 1.29 is 4.79 Å². The quantitative estimate of drug-likeness (QED) is 0.704. The molecule has 0 fully saturated rings. The van der Waals surface area contributed by atoms with Crippen molar-refractivity contribution in [1.29, 1.82) is 0 Å². The van der Waals surface area contributed by atoms with Gasteiger partial charge in [0.1, 0.15) is 0 Å². The highest BCUT2D eigenvalue weighted by Gasteiger charge is 2.40. The van der Waals surface area contributed by atoms with Gasteiger partial charge in [-0.25, -0.2) is 5.10 Å². The summed E-state index contributed by atoms with van der Waals surface area (Å²) < 4.78 is 0. The number of nitrogens with zero attached hydrogens (tertiary/aromatic N) is 3. The zero-order valence-corrected chi connectivity index (χ0v) is 8.21. The van der Waals surface area contributed by atoms with Gasteiger partial charge in [-0.3, -0.25) is 4.79 Å². The molecular weight excluding hydrogens is 194 g/mol. The summed E-state index contributed by atoms with van der Waals surface area (Å²) in [4.78, 5) is 11.4. The molecule has 0 bridgehead atoms. The average Bonchev–Trinajstić information content (AvgIpc) is 2.71. The van der Waals surface area contributed by atoms with E-state index in [9.17, 15) is 4.79 Å². The number of allylic oxidation sites excluding steroid dienone is 3. The van der Waals surface area contributed by atoms with Crippen LogP contribution in [0.15, 0.2) is 24.3 Å². The number of nitrogens with two attached hydrogens (primary N) is 1. The first-order chi connectivity index (χ1) is 7.14. The summed E-state index contributed by atoms with van der Waals surface area (Å²) in [5, 5.41) is 13.4. The third-order valence-electron chi connectivity index (χ3n) is 2.69. The summed E-state index contributed by atoms with van der Waals surface area (Å²) in [6.07, 6.45) is 7.26. The SMILES string of the molecule is CC1(C(N)=O)C=CC=CC1c1nnn[nH]1. The molecule has 1 aliphatic carbocycles. The minimum Gasteiger partial charge on any atom is -0.369 e. The van der Waals surface area contributed by atoms with Crippen molar-refractivity contribution in [1.82, 2.24) is 20.6 Å². The highest BCUT2D eigenvalue weighted by Crippen LogP contribution is 2.38. The smallest absolute Gasteiger partial charge is 0.228 e. The third kappa shape index (κ3) is 1.43. The van der Waals surface area contributed by atoms with Gasteiger partial charge in [-0.1, -0.05) is 24.3 Å². The van der Waals surface area contributed by atoms with Crippen molar-refractivity contribution in [3.8, 4) is 0 Å². The first-order valence-electron chi connectivity index (χ1n) is 4.54. The molecule has 1 aromatic heterocycles. The molecule has 0 saturated carbocycles. The molecule has 0 aromatic carbocycles. The number of primary amides is 1. The molecule has 0 radical (unpaired) electrons. The van der Waals surface area contributed by atoms with Crippen molar-refractivity contribution in [3.05, 3.63) is 30.1 Å².